The minimum absolute atomic E-state index is 0.0358. The molecule has 0 fully saturated rings. The van der Waals surface area contributed by atoms with Crippen LogP contribution in [-0.2, 0) is 29.0 Å². The molecule has 0 spiro atoms. The van der Waals surface area contributed by atoms with Crippen LogP contribution in [0.1, 0.15) is 37.6 Å². The summed E-state index contributed by atoms with van der Waals surface area (Å²) in [5.41, 5.74) is 3.22. The number of aromatic nitrogens is 1. The fourth-order valence-electron chi connectivity index (χ4n) is 4.01. The van der Waals surface area contributed by atoms with Gasteiger partial charge in [-0.2, -0.15) is 0 Å². The van der Waals surface area contributed by atoms with Crippen molar-refractivity contribution in [1.82, 2.24) is 9.47 Å². The minimum Gasteiger partial charge on any atom is -0.459 e. The molecule has 0 amide bonds. The average Bonchev–Trinajstić information content (AvgIpc) is 2.97. The van der Waals surface area contributed by atoms with Gasteiger partial charge in [-0.1, -0.05) is 42.5 Å². The van der Waals surface area contributed by atoms with Crippen LogP contribution < -0.4 is 0 Å². The molecule has 156 valence electrons. The average molecular weight is 425 g/mol. The summed E-state index contributed by atoms with van der Waals surface area (Å²) in [6.45, 7) is 7.01. The summed E-state index contributed by atoms with van der Waals surface area (Å²) in [5, 5.41) is 0.815. The van der Waals surface area contributed by atoms with Crippen LogP contribution in [0.5, 0.6) is 0 Å². The van der Waals surface area contributed by atoms with Crippen molar-refractivity contribution >= 4 is 34.1 Å². The van der Waals surface area contributed by atoms with Crippen molar-refractivity contribution in [2.45, 2.75) is 45.9 Å². The molecule has 0 atom stereocenters. The Bertz CT molecular complexity index is 1120. The van der Waals surface area contributed by atoms with Crippen molar-refractivity contribution in [3.05, 3.63) is 71.2 Å². The van der Waals surface area contributed by atoms with E-state index in [1.807, 2.05) is 43.5 Å². The molecule has 1 aromatic heterocycles. The molecule has 0 aliphatic carbocycles. The quantitative estimate of drug-likeness (QED) is 0.443. The summed E-state index contributed by atoms with van der Waals surface area (Å²) in [6, 6.07) is 14.8. The zero-order valence-corrected chi connectivity index (χ0v) is 18.3. The van der Waals surface area contributed by atoms with Crippen molar-refractivity contribution in [1.29, 1.82) is 0 Å². The number of fused-ring (bicyclic) bond motifs is 3. The number of halogens is 1. The largest absolute Gasteiger partial charge is 0.459 e. The highest BCUT2D eigenvalue weighted by Crippen LogP contribution is 2.32. The molecular weight excluding hydrogens is 399 g/mol. The van der Waals surface area contributed by atoms with E-state index in [0.717, 1.165) is 35.1 Å². The van der Waals surface area contributed by atoms with Crippen LogP contribution in [0.15, 0.2) is 48.5 Å². The van der Waals surface area contributed by atoms with Crippen LogP contribution in [0.3, 0.4) is 0 Å². The molecule has 2 aromatic carbocycles. The lowest BCUT2D eigenvalue weighted by Gasteiger charge is -2.31. The number of benzene rings is 2. The molecule has 0 saturated heterocycles. The van der Waals surface area contributed by atoms with Crippen molar-refractivity contribution < 1.29 is 13.9 Å². The zero-order chi connectivity index (χ0) is 21.5. The first kappa shape index (κ1) is 20.5. The van der Waals surface area contributed by atoms with Gasteiger partial charge < -0.3 is 14.2 Å². The zero-order valence-electron chi connectivity index (χ0n) is 17.4. The van der Waals surface area contributed by atoms with Crippen LogP contribution in [0.2, 0.25) is 0 Å². The number of thiocarbonyl (C=S) groups is 1. The van der Waals surface area contributed by atoms with E-state index in [1.165, 1.54) is 17.7 Å². The van der Waals surface area contributed by atoms with Gasteiger partial charge in [-0.15, -0.1) is 0 Å². The Hall–Kier alpha value is -2.73. The molecule has 0 unspecified atom stereocenters. The predicted molar refractivity (Wildman–Crippen MR) is 120 cm³/mol. The first-order valence-corrected chi connectivity index (χ1v) is 10.5. The SMILES string of the molecule is CC(C)(C)OC(=O)Cn1c2c(c3cc(F)ccc31)CCN(Cc1ccccc1)C2=S. The fourth-order valence-corrected chi connectivity index (χ4v) is 4.40. The van der Waals surface area contributed by atoms with Crippen LogP contribution in [0, 0.1) is 5.82 Å². The van der Waals surface area contributed by atoms with Gasteiger partial charge in [-0.3, -0.25) is 4.79 Å². The maximum atomic E-state index is 14.0. The van der Waals surface area contributed by atoms with Gasteiger partial charge in [-0.05, 0) is 56.5 Å². The van der Waals surface area contributed by atoms with E-state index in [4.69, 9.17) is 17.0 Å². The fraction of sp³-hybridized carbons (Fsp3) is 0.333. The van der Waals surface area contributed by atoms with Gasteiger partial charge in [0.15, 0.2) is 0 Å². The number of esters is 1. The summed E-state index contributed by atoms with van der Waals surface area (Å²) >= 11 is 5.86. The molecule has 0 N–H and O–H groups in total. The number of carbonyl (C=O) groups excluding carboxylic acids is 1. The molecule has 0 radical (unpaired) electrons. The second-order valence-electron chi connectivity index (χ2n) is 8.62. The maximum Gasteiger partial charge on any atom is 0.326 e. The van der Waals surface area contributed by atoms with Crippen LogP contribution in [-0.4, -0.2) is 32.6 Å². The molecule has 2 heterocycles. The van der Waals surface area contributed by atoms with Gasteiger partial charge in [-0.25, -0.2) is 4.39 Å². The van der Waals surface area contributed by atoms with Gasteiger partial charge in [0, 0.05) is 24.0 Å². The number of nitrogens with zero attached hydrogens (tertiary/aromatic N) is 2. The topological polar surface area (TPSA) is 34.5 Å². The summed E-state index contributed by atoms with van der Waals surface area (Å²) in [7, 11) is 0. The van der Waals surface area contributed by atoms with E-state index in [0.29, 0.717) is 11.5 Å². The highest BCUT2D eigenvalue weighted by Gasteiger charge is 2.30. The Morgan fingerprint density at radius 2 is 1.90 bits per heavy atom. The second-order valence-corrected chi connectivity index (χ2v) is 9.01. The molecule has 0 bridgehead atoms. The molecule has 4 rings (SSSR count). The van der Waals surface area contributed by atoms with Crippen LogP contribution >= 0.6 is 12.2 Å². The number of rotatable bonds is 4. The van der Waals surface area contributed by atoms with Gasteiger partial charge >= 0.3 is 5.97 Å². The standard InChI is InChI=1S/C24H25FN2O2S/c1-24(2,3)29-21(28)15-27-20-10-9-17(25)13-19(20)18-11-12-26(23(30)22(18)27)14-16-7-5-4-6-8-16/h4-10,13H,11-12,14-15H2,1-3H3. The van der Waals surface area contributed by atoms with Crippen LogP contribution in [0.25, 0.3) is 10.9 Å². The molecule has 3 aromatic rings. The third kappa shape index (κ3) is 4.10. The summed E-state index contributed by atoms with van der Waals surface area (Å²) in [4.78, 5) is 15.5. The van der Waals surface area contributed by atoms with Gasteiger partial charge in [0.1, 0.15) is 23.0 Å². The molecule has 6 heteroatoms. The van der Waals surface area contributed by atoms with E-state index in [-0.39, 0.29) is 18.3 Å². The van der Waals surface area contributed by atoms with Crippen molar-refractivity contribution in [3.63, 3.8) is 0 Å². The van der Waals surface area contributed by atoms with Gasteiger partial charge in [0.25, 0.3) is 0 Å². The first-order chi connectivity index (χ1) is 14.2. The number of hydrogen-bond donors (Lipinski definition) is 0. The Morgan fingerprint density at radius 3 is 2.60 bits per heavy atom. The smallest absolute Gasteiger partial charge is 0.326 e. The third-order valence-electron chi connectivity index (χ3n) is 5.18. The molecule has 30 heavy (non-hydrogen) atoms. The highest BCUT2D eigenvalue weighted by molar-refractivity contribution is 7.80. The normalized spacial score (nSPS) is 14.1. The first-order valence-electron chi connectivity index (χ1n) is 10.1. The Balaban J connectivity index is 1.74. The predicted octanol–water partition coefficient (Wildman–Crippen LogP) is 4.86. The van der Waals surface area contributed by atoms with Gasteiger partial charge in [0.2, 0.25) is 0 Å². The van der Waals surface area contributed by atoms with E-state index in [2.05, 4.69) is 17.0 Å². The summed E-state index contributed by atoms with van der Waals surface area (Å²) in [6.07, 6.45) is 0.740. The lowest BCUT2D eigenvalue weighted by molar-refractivity contribution is -0.155. The Kier molecular flexibility index (Phi) is 5.36. The Morgan fingerprint density at radius 1 is 1.17 bits per heavy atom. The molecule has 1 aliphatic heterocycles. The monoisotopic (exact) mass is 424 g/mol. The van der Waals surface area contributed by atoms with Crippen molar-refractivity contribution in [3.8, 4) is 0 Å². The summed E-state index contributed by atoms with van der Waals surface area (Å²) < 4.78 is 21.4. The summed E-state index contributed by atoms with van der Waals surface area (Å²) in [5.74, 6) is -0.633. The van der Waals surface area contributed by atoms with Crippen LogP contribution in [0.4, 0.5) is 4.39 Å². The molecule has 1 aliphatic rings. The lowest BCUT2D eigenvalue weighted by atomic mass is 10.0. The minimum atomic E-state index is -0.577. The van der Waals surface area contributed by atoms with E-state index in [1.54, 1.807) is 6.07 Å². The van der Waals surface area contributed by atoms with Crippen molar-refractivity contribution in [2.24, 2.45) is 0 Å². The van der Waals surface area contributed by atoms with E-state index < -0.39 is 5.60 Å². The highest BCUT2D eigenvalue weighted by atomic mass is 32.1. The molecule has 4 nitrogen and oxygen atoms in total. The van der Waals surface area contributed by atoms with E-state index >= 15 is 0 Å². The van der Waals surface area contributed by atoms with Crippen molar-refractivity contribution in [2.75, 3.05) is 6.54 Å². The molecule has 0 saturated carbocycles. The van der Waals surface area contributed by atoms with Gasteiger partial charge in [0.05, 0.1) is 5.69 Å². The maximum absolute atomic E-state index is 14.0. The van der Waals surface area contributed by atoms with E-state index in [9.17, 15) is 9.18 Å². The Labute approximate surface area is 181 Å². The molecular formula is C24H25FN2O2S. The lowest BCUT2D eigenvalue weighted by Crippen LogP contribution is -2.38. The number of carbonyl (C=O) groups is 1. The second kappa shape index (κ2) is 7.84. The number of ether oxygens (including phenoxy) is 1. The third-order valence-corrected chi connectivity index (χ3v) is 5.63. The number of hydrogen-bond acceptors (Lipinski definition) is 3.